The monoisotopic (exact) mass is 443 g/mol. The van der Waals surface area contributed by atoms with Crippen molar-refractivity contribution < 1.29 is 13.7 Å². The van der Waals surface area contributed by atoms with Crippen LogP contribution in [0.15, 0.2) is 65.6 Å². The van der Waals surface area contributed by atoms with E-state index < -0.39 is 11.7 Å². The molecule has 166 valence electrons. The first-order chi connectivity index (χ1) is 15.9. The second-order valence-electron chi connectivity index (χ2n) is 8.96. The molecule has 8 heteroatoms. The molecule has 0 radical (unpaired) electrons. The van der Waals surface area contributed by atoms with Crippen molar-refractivity contribution in [2.45, 2.75) is 32.7 Å². The fourth-order valence-electron chi connectivity index (χ4n) is 4.22. The summed E-state index contributed by atoms with van der Waals surface area (Å²) in [5.41, 5.74) is 3.15. The van der Waals surface area contributed by atoms with Crippen molar-refractivity contribution in [2.24, 2.45) is 5.41 Å². The van der Waals surface area contributed by atoms with Crippen molar-refractivity contribution in [1.82, 2.24) is 25.4 Å². The molecule has 1 aliphatic rings. The second kappa shape index (κ2) is 8.20. The summed E-state index contributed by atoms with van der Waals surface area (Å²) in [5.74, 6) is -0.198. The van der Waals surface area contributed by atoms with Gasteiger partial charge in [-0.2, -0.15) is 0 Å². The molecule has 3 heterocycles. The molecule has 1 amide bonds. The smallest absolute Gasteiger partial charge is 0.290 e. The molecule has 0 saturated carbocycles. The Hall–Kier alpha value is -3.94. The lowest BCUT2D eigenvalue weighted by Gasteiger charge is -2.36. The Bertz CT molecular complexity index is 1320. The van der Waals surface area contributed by atoms with Crippen molar-refractivity contribution in [3.8, 4) is 22.6 Å². The number of benzene rings is 1. The molecular weight excluding hydrogens is 421 g/mol. The maximum atomic E-state index is 14.1. The number of halogens is 1. The summed E-state index contributed by atoms with van der Waals surface area (Å²) in [7, 11) is 0. The van der Waals surface area contributed by atoms with Crippen molar-refractivity contribution in [2.75, 3.05) is 0 Å². The zero-order valence-electron chi connectivity index (χ0n) is 18.2. The highest BCUT2D eigenvalue weighted by molar-refractivity contribution is 5.92. The van der Waals surface area contributed by atoms with E-state index >= 15 is 0 Å². The SMILES string of the molecule is CC1(C)Cc2nc(-c3ccncc3)ncc2[C@@H](NC(=O)c2cc(-c3ccccc3F)no2)C1. The van der Waals surface area contributed by atoms with Gasteiger partial charge in [0, 0.05) is 41.3 Å². The van der Waals surface area contributed by atoms with Crippen molar-refractivity contribution in [1.29, 1.82) is 0 Å². The molecule has 4 aromatic rings. The lowest BCUT2D eigenvalue weighted by molar-refractivity contribution is 0.0881. The fraction of sp³-hybridized carbons (Fsp3) is 0.240. The summed E-state index contributed by atoms with van der Waals surface area (Å²) in [6, 6.07) is 11.1. The van der Waals surface area contributed by atoms with Crippen LogP contribution in [-0.2, 0) is 6.42 Å². The summed E-state index contributed by atoms with van der Waals surface area (Å²) in [6.07, 6.45) is 6.69. The number of nitrogens with zero attached hydrogens (tertiary/aromatic N) is 4. The first kappa shape index (κ1) is 20.9. The van der Waals surface area contributed by atoms with E-state index in [9.17, 15) is 9.18 Å². The lowest BCUT2D eigenvalue weighted by Crippen LogP contribution is -2.37. The van der Waals surface area contributed by atoms with Crippen molar-refractivity contribution in [3.05, 3.63) is 83.9 Å². The van der Waals surface area contributed by atoms with Crippen LogP contribution in [-0.4, -0.2) is 26.0 Å². The molecular formula is C25H22FN5O2. The van der Waals surface area contributed by atoms with E-state index in [1.807, 2.05) is 12.1 Å². The molecule has 7 nitrogen and oxygen atoms in total. The number of hydrogen-bond donors (Lipinski definition) is 1. The molecule has 0 fully saturated rings. The molecule has 3 aromatic heterocycles. The van der Waals surface area contributed by atoms with E-state index in [4.69, 9.17) is 9.51 Å². The van der Waals surface area contributed by atoms with Crippen LogP contribution in [0.2, 0.25) is 0 Å². The third-order valence-electron chi connectivity index (χ3n) is 5.81. The quantitative estimate of drug-likeness (QED) is 0.488. The van der Waals surface area contributed by atoms with Gasteiger partial charge in [-0.05, 0) is 42.5 Å². The number of pyridine rings is 1. The third-order valence-corrected chi connectivity index (χ3v) is 5.81. The highest BCUT2D eigenvalue weighted by Gasteiger charge is 2.35. The summed E-state index contributed by atoms with van der Waals surface area (Å²) < 4.78 is 19.3. The van der Waals surface area contributed by atoms with Crippen LogP contribution < -0.4 is 5.32 Å². The molecule has 0 saturated heterocycles. The Morgan fingerprint density at radius 3 is 2.76 bits per heavy atom. The molecule has 1 aromatic carbocycles. The average molecular weight is 443 g/mol. The van der Waals surface area contributed by atoms with Crippen LogP contribution in [0.4, 0.5) is 4.39 Å². The Labute approximate surface area is 190 Å². The van der Waals surface area contributed by atoms with Gasteiger partial charge in [0.1, 0.15) is 11.5 Å². The fourth-order valence-corrected chi connectivity index (χ4v) is 4.22. The molecule has 5 rings (SSSR count). The third kappa shape index (κ3) is 4.24. The number of rotatable bonds is 4. The Morgan fingerprint density at radius 1 is 1.18 bits per heavy atom. The molecule has 1 N–H and O–H groups in total. The number of nitrogens with one attached hydrogen (secondary N) is 1. The first-order valence-corrected chi connectivity index (χ1v) is 10.7. The minimum Gasteiger partial charge on any atom is -0.350 e. The Morgan fingerprint density at radius 2 is 1.97 bits per heavy atom. The van der Waals surface area contributed by atoms with Crippen LogP contribution in [0.25, 0.3) is 22.6 Å². The van der Waals surface area contributed by atoms with Gasteiger partial charge in [-0.3, -0.25) is 9.78 Å². The van der Waals surface area contributed by atoms with Gasteiger partial charge in [0.15, 0.2) is 5.82 Å². The minimum absolute atomic E-state index is 0.0208. The van der Waals surface area contributed by atoms with Crippen molar-refractivity contribution in [3.63, 3.8) is 0 Å². The van der Waals surface area contributed by atoms with Gasteiger partial charge >= 0.3 is 0 Å². The first-order valence-electron chi connectivity index (χ1n) is 10.7. The topological polar surface area (TPSA) is 93.8 Å². The minimum atomic E-state index is -0.428. The summed E-state index contributed by atoms with van der Waals surface area (Å²) in [5, 5.41) is 6.90. The van der Waals surface area contributed by atoms with Gasteiger partial charge in [-0.15, -0.1) is 0 Å². The number of carbonyl (C=O) groups excluding carboxylic acids is 1. The van der Waals surface area contributed by atoms with E-state index in [-0.39, 0.29) is 28.5 Å². The van der Waals surface area contributed by atoms with Crippen LogP contribution in [0, 0.1) is 11.2 Å². The van der Waals surface area contributed by atoms with Gasteiger partial charge in [0.05, 0.1) is 11.7 Å². The van der Waals surface area contributed by atoms with Crippen LogP contribution in [0.5, 0.6) is 0 Å². The standard InChI is InChI=1S/C25H22FN5O2/c1-25(2)12-20-17(14-28-23(29-20)15-7-9-27-10-8-15)21(13-25)30-24(32)22-11-19(31-33-22)16-5-3-4-6-18(16)26/h3-11,14,21H,12-13H2,1-2H3,(H,30,32)/t21-/m0/s1. The summed E-state index contributed by atoms with van der Waals surface area (Å²) in [4.78, 5) is 26.3. The zero-order valence-corrected chi connectivity index (χ0v) is 18.2. The normalized spacial score (nSPS) is 16.8. The highest BCUT2D eigenvalue weighted by atomic mass is 19.1. The molecule has 0 spiro atoms. The number of aromatic nitrogens is 4. The van der Waals surface area contributed by atoms with Crippen LogP contribution in [0.1, 0.15) is 48.1 Å². The zero-order chi connectivity index (χ0) is 23.0. The van der Waals surface area contributed by atoms with E-state index in [1.54, 1.807) is 36.8 Å². The number of amides is 1. The van der Waals surface area contributed by atoms with Gasteiger partial charge in [0.2, 0.25) is 5.76 Å². The molecule has 0 unspecified atom stereocenters. The summed E-state index contributed by atoms with van der Waals surface area (Å²) in [6.45, 7) is 4.29. The van der Waals surface area contributed by atoms with E-state index in [2.05, 4.69) is 34.3 Å². The number of fused-ring (bicyclic) bond motifs is 1. The number of hydrogen-bond acceptors (Lipinski definition) is 6. The molecule has 33 heavy (non-hydrogen) atoms. The average Bonchev–Trinajstić information content (AvgIpc) is 3.29. The predicted molar refractivity (Wildman–Crippen MR) is 119 cm³/mol. The Balaban J connectivity index is 1.41. The highest BCUT2D eigenvalue weighted by Crippen LogP contribution is 2.40. The lowest BCUT2D eigenvalue weighted by atomic mass is 9.74. The molecule has 1 aliphatic carbocycles. The predicted octanol–water partition coefficient (Wildman–Crippen LogP) is 4.78. The van der Waals surface area contributed by atoms with Crippen LogP contribution >= 0.6 is 0 Å². The van der Waals surface area contributed by atoms with Gasteiger partial charge < -0.3 is 9.84 Å². The van der Waals surface area contributed by atoms with Crippen molar-refractivity contribution >= 4 is 5.91 Å². The van der Waals surface area contributed by atoms with Gasteiger partial charge in [-0.1, -0.05) is 31.1 Å². The van der Waals surface area contributed by atoms with E-state index in [1.165, 1.54) is 12.1 Å². The maximum Gasteiger partial charge on any atom is 0.290 e. The molecule has 1 atom stereocenters. The Kier molecular flexibility index (Phi) is 5.20. The summed E-state index contributed by atoms with van der Waals surface area (Å²) >= 11 is 0. The van der Waals surface area contributed by atoms with E-state index in [0.29, 0.717) is 5.82 Å². The molecule has 0 aliphatic heterocycles. The van der Waals surface area contributed by atoms with Crippen LogP contribution in [0.3, 0.4) is 0 Å². The maximum absolute atomic E-state index is 14.1. The number of carbonyl (C=O) groups is 1. The largest absolute Gasteiger partial charge is 0.350 e. The van der Waals surface area contributed by atoms with E-state index in [0.717, 1.165) is 29.7 Å². The van der Waals surface area contributed by atoms with Gasteiger partial charge in [0.25, 0.3) is 5.91 Å². The van der Waals surface area contributed by atoms with Gasteiger partial charge in [-0.25, -0.2) is 14.4 Å². The molecule has 0 bridgehead atoms. The second-order valence-corrected chi connectivity index (χ2v) is 8.96.